The Morgan fingerprint density at radius 2 is 0.977 bits per heavy atom. The van der Waals surface area contributed by atoms with Crippen molar-refractivity contribution < 1.29 is 18.9 Å². The number of hydrogen-bond acceptors (Lipinski definition) is 6. The highest BCUT2D eigenvalue weighted by Crippen LogP contribution is 2.38. The van der Waals surface area contributed by atoms with Crippen molar-refractivity contribution in [3.8, 4) is 23.0 Å². The third-order valence-electron chi connectivity index (χ3n) is 6.22. The lowest BCUT2D eigenvalue weighted by Gasteiger charge is -2.15. The summed E-state index contributed by atoms with van der Waals surface area (Å²) < 4.78 is 24.5. The second-order valence-corrected chi connectivity index (χ2v) is 12.1. The number of ether oxygens (including phenoxy) is 4. The maximum atomic E-state index is 5.88. The molecule has 8 heteroatoms. The Bertz CT molecular complexity index is 1460. The van der Waals surface area contributed by atoms with Gasteiger partial charge in [-0.3, -0.25) is 9.98 Å². The van der Waals surface area contributed by atoms with Gasteiger partial charge in [-0.15, -0.1) is 0 Å². The number of benzene rings is 4. The molecule has 0 bridgehead atoms. The zero-order chi connectivity index (χ0) is 30.9. The maximum Gasteiger partial charge on any atom is 0.175 e. The molecule has 0 aromatic heterocycles. The van der Waals surface area contributed by atoms with Gasteiger partial charge in [0.1, 0.15) is 0 Å². The Morgan fingerprint density at radius 1 is 0.605 bits per heavy atom. The van der Waals surface area contributed by atoms with Crippen LogP contribution in [0.1, 0.15) is 49.9 Å². The van der Waals surface area contributed by atoms with Crippen LogP contribution in [0.3, 0.4) is 0 Å². The van der Waals surface area contributed by atoms with E-state index in [9.17, 15) is 0 Å². The van der Waals surface area contributed by atoms with Crippen LogP contribution in [-0.4, -0.2) is 38.9 Å². The first-order chi connectivity index (χ1) is 20.6. The van der Waals surface area contributed by atoms with Gasteiger partial charge in [-0.25, -0.2) is 0 Å². The van der Waals surface area contributed by atoms with Crippen molar-refractivity contribution in [2.45, 2.75) is 46.3 Å². The number of methoxy groups -OCH3 is 2. The summed E-state index contributed by atoms with van der Waals surface area (Å²) in [5, 5.41) is 0. The highest BCUT2D eigenvalue weighted by atomic mass is 79.9. The van der Waals surface area contributed by atoms with Crippen LogP contribution >= 0.6 is 31.9 Å². The summed E-state index contributed by atoms with van der Waals surface area (Å²) in [4.78, 5) is 9.29. The summed E-state index contributed by atoms with van der Waals surface area (Å²) >= 11 is 7.18. The first kappa shape index (κ1) is 32.3. The first-order valence-corrected chi connectivity index (χ1v) is 15.6. The zero-order valence-corrected chi connectivity index (χ0v) is 28.4. The molecule has 0 aliphatic heterocycles. The minimum absolute atomic E-state index is 0.0433. The van der Waals surface area contributed by atoms with Crippen molar-refractivity contribution in [1.82, 2.24) is 0 Å². The summed E-state index contributed by atoms with van der Waals surface area (Å²) in [6.45, 7) is 7.94. The van der Waals surface area contributed by atoms with E-state index in [0.717, 1.165) is 37.9 Å². The molecule has 0 saturated heterocycles. The van der Waals surface area contributed by atoms with Gasteiger partial charge in [-0.2, -0.15) is 0 Å². The van der Waals surface area contributed by atoms with Crippen LogP contribution in [-0.2, 0) is 6.42 Å². The van der Waals surface area contributed by atoms with Crippen LogP contribution in [0, 0.1) is 0 Å². The highest BCUT2D eigenvalue weighted by molar-refractivity contribution is 9.11. The normalized spacial score (nSPS) is 11.6. The number of aliphatic imine (C=N–C) groups is 2. The van der Waals surface area contributed by atoms with Gasteiger partial charge in [0.05, 0.1) is 46.7 Å². The third-order valence-corrected chi connectivity index (χ3v) is 7.40. The fourth-order valence-electron chi connectivity index (χ4n) is 4.26. The molecule has 0 radical (unpaired) electrons. The fraction of sp³-hybridized carbons (Fsp3) is 0.257. The molecule has 43 heavy (non-hydrogen) atoms. The van der Waals surface area contributed by atoms with E-state index in [4.69, 9.17) is 18.9 Å². The first-order valence-electron chi connectivity index (χ1n) is 14.0. The Morgan fingerprint density at radius 3 is 1.30 bits per heavy atom. The predicted octanol–water partition coefficient (Wildman–Crippen LogP) is 9.90. The molecular formula is C35H36Br2N2O4. The molecule has 0 fully saturated rings. The number of hydrogen-bond donors (Lipinski definition) is 0. The summed E-state index contributed by atoms with van der Waals surface area (Å²) in [5.74, 6) is 2.71. The number of nitrogens with zero attached hydrogens (tertiary/aromatic N) is 2. The van der Waals surface area contributed by atoms with Gasteiger partial charge in [-0.1, -0.05) is 24.3 Å². The fourth-order valence-corrected chi connectivity index (χ4v) is 5.37. The standard InChI is InChI=1S/C35H36Br2N2O4/c1-22(2)42-34-30(36)16-26(18-32(34)40-5)20-38-28-11-7-24(8-12-28)15-25-9-13-29(14-10-25)39-21-27-17-31(37)35(43-23(3)4)33(19-27)41-6/h7-14,16-23H,15H2,1-6H3. The lowest BCUT2D eigenvalue weighted by atomic mass is 10.0. The molecule has 0 saturated carbocycles. The summed E-state index contributed by atoms with van der Waals surface area (Å²) in [5.41, 5.74) is 5.98. The largest absolute Gasteiger partial charge is 0.493 e. The number of rotatable bonds is 12. The Kier molecular flexibility index (Phi) is 11.4. The molecule has 224 valence electrons. The Labute approximate surface area is 271 Å². The SMILES string of the molecule is COc1cc(C=Nc2ccc(Cc3ccc(N=Cc4cc(Br)c(OC(C)C)c(OC)c4)cc3)cc2)cc(Br)c1OC(C)C. The molecule has 4 aromatic rings. The van der Waals surface area contributed by atoms with Crippen LogP contribution in [0.4, 0.5) is 11.4 Å². The van der Waals surface area contributed by atoms with E-state index in [1.807, 2.05) is 88.7 Å². The zero-order valence-electron chi connectivity index (χ0n) is 25.2. The van der Waals surface area contributed by atoms with Gasteiger partial charge >= 0.3 is 0 Å². The van der Waals surface area contributed by atoms with Crippen LogP contribution in [0.25, 0.3) is 0 Å². The smallest absolute Gasteiger partial charge is 0.175 e. The average Bonchev–Trinajstić information content (AvgIpc) is 2.98. The molecule has 0 spiro atoms. The molecule has 0 unspecified atom stereocenters. The molecule has 0 aliphatic rings. The molecule has 0 amide bonds. The third kappa shape index (κ3) is 9.18. The molecular weight excluding hydrogens is 672 g/mol. The lowest BCUT2D eigenvalue weighted by molar-refractivity contribution is 0.228. The maximum absolute atomic E-state index is 5.88. The lowest BCUT2D eigenvalue weighted by Crippen LogP contribution is -2.07. The second-order valence-electron chi connectivity index (χ2n) is 10.4. The molecule has 0 N–H and O–H groups in total. The molecule has 0 heterocycles. The van der Waals surface area contributed by atoms with Gasteiger partial charge in [0.2, 0.25) is 0 Å². The van der Waals surface area contributed by atoms with Crippen LogP contribution in [0.2, 0.25) is 0 Å². The molecule has 6 nitrogen and oxygen atoms in total. The van der Waals surface area contributed by atoms with Gasteiger partial charge in [0, 0.05) is 12.4 Å². The predicted molar refractivity (Wildman–Crippen MR) is 183 cm³/mol. The topological polar surface area (TPSA) is 61.6 Å². The Balaban J connectivity index is 1.38. The van der Waals surface area contributed by atoms with Crippen molar-refractivity contribution in [1.29, 1.82) is 0 Å². The van der Waals surface area contributed by atoms with E-state index < -0.39 is 0 Å². The van der Waals surface area contributed by atoms with E-state index in [0.29, 0.717) is 23.0 Å². The van der Waals surface area contributed by atoms with E-state index in [1.165, 1.54) is 11.1 Å². The quantitative estimate of drug-likeness (QED) is 0.138. The minimum Gasteiger partial charge on any atom is -0.493 e. The van der Waals surface area contributed by atoms with Crippen molar-refractivity contribution >= 4 is 55.7 Å². The van der Waals surface area contributed by atoms with Crippen LogP contribution < -0.4 is 18.9 Å². The van der Waals surface area contributed by atoms with Crippen LogP contribution in [0.15, 0.2) is 91.7 Å². The van der Waals surface area contributed by atoms with E-state index in [2.05, 4.69) is 66.1 Å². The summed E-state index contributed by atoms with van der Waals surface area (Å²) in [6.07, 6.45) is 4.55. The van der Waals surface area contributed by atoms with Gasteiger partial charge < -0.3 is 18.9 Å². The molecule has 0 aliphatic carbocycles. The van der Waals surface area contributed by atoms with Gasteiger partial charge in [0.25, 0.3) is 0 Å². The van der Waals surface area contributed by atoms with E-state index in [1.54, 1.807) is 14.2 Å². The highest BCUT2D eigenvalue weighted by Gasteiger charge is 2.14. The number of halogens is 2. The average molecular weight is 708 g/mol. The summed E-state index contributed by atoms with van der Waals surface area (Å²) in [7, 11) is 3.27. The van der Waals surface area contributed by atoms with E-state index >= 15 is 0 Å². The van der Waals surface area contributed by atoms with Crippen molar-refractivity contribution in [3.05, 3.63) is 104 Å². The minimum atomic E-state index is 0.0433. The van der Waals surface area contributed by atoms with Crippen molar-refractivity contribution in [2.24, 2.45) is 9.98 Å². The molecule has 4 rings (SSSR count). The monoisotopic (exact) mass is 706 g/mol. The van der Waals surface area contributed by atoms with Crippen molar-refractivity contribution in [2.75, 3.05) is 14.2 Å². The van der Waals surface area contributed by atoms with Gasteiger partial charge in [-0.05, 0) is 137 Å². The molecule has 0 atom stereocenters. The van der Waals surface area contributed by atoms with Gasteiger partial charge in [0.15, 0.2) is 23.0 Å². The molecule has 4 aromatic carbocycles. The second kappa shape index (κ2) is 15.2. The van der Waals surface area contributed by atoms with Crippen molar-refractivity contribution in [3.63, 3.8) is 0 Å². The van der Waals surface area contributed by atoms with Crippen LogP contribution in [0.5, 0.6) is 23.0 Å². The van der Waals surface area contributed by atoms with E-state index in [-0.39, 0.29) is 12.2 Å². The summed E-state index contributed by atoms with van der Waals surface area (Å²) in [6, 6.07) is 24.3. The Hall–Kier alpha value is -3.62.